The molecule has 1 amide bonds. The predicted octanol–water partition coefficient (Wildman–Crippen LogP) is 2.53. The number of anilines is 1. The highest BCUT2D eigenvalue weighted by atomic mass is 35.5. The number of ether oxygens (including phenoxy) is 1. The lowest BCUT2D eigenvalue weighted by molar-refractivity contribution is -0.119. The first-order chi connectivity index (χ1) is 14.0. The van der Waals surface area contributed by atoms with Crippen LogP contribution in [0.25, 0.3) is 0 Å². The van der Waals surface area contributed by atoms with Gasteiger partial charge in [0, 0.05) is 11.6 Å². The highest BCUT2D eigenvalue weighted by Crippen LogP contribution is 2.34. The van der Waals surface area contributed by atoms with Crippen molar-refractivity contribution in [2.24, 2.45) is 5.92 Å². The SMILES string of the molecule is CCOc1ccc(N2C(=O)C(C)CS2(=O)=O)cc1S(=O)(=O)NCc1ccc(Cl)cc1. The summed E-state index contributed by atoms with van der Waals surface area (Å²) in [6.45, 7) is 3.41. The molecule has 0 saturated carbocycles. The number of carbonyl (C=O) groups is 1. The molecule has 1 saturated heterocycles. The molecule has 1 fully saturated rings. The van der Waals surface area contributed by atoms with Crippen molar-refractivity contribution >= 4 is 43.2 Å². The molecule has 0 spiro atoms. The number of hydrogen-bond acceptors (Lipinski definition) is 6. The fraction of sp³-hybridized carbons (Fsp3) is 0.316. The first-order valence-corrected chi connectivity index (χ1v) is 12.6. The van der Waals surface area contributed by atoms with E-state index in [-0.39, 0.29) is 35.2 Å². The van der Waals surface area contributed by atoms with Gasteiger partial charge in [-0.05, 0) is 42.8 Å². The van der Waals surface area contributed by atoms with Crippen molar-refractivity contribution in [1.29, 1.82) is 0 Å². The Morgan fingerprint density at radius 2 is 1.87 bits per heavy atom. The Hall–Kier alpha value is -2.14. The van der Waals surface area contributed by atoms with Crippen LogP contribution in [0.2, 0.25) is 5.02 Å². The van der Waals surface area contributed by atoms with Crippen LogP contribution in [0.4, 0.5) is 5.69 Å². The van der Waals surface area contributed by atoms with Crippen LogP contribution in [-0.2, 0) is 31.4 Å². The van der Waals surface area contributed by atoms with Gasteiger partial charge in [-0.1, -0.05) is 30.7 Å². The smallest absolute Gasteiger partial charge is 0.244 e. The fourth-order valence-electron chi connectivity index (χ4n) is 3.05. The molecule has 0 aromatic heterocycles. The number of hydrogen-bond donors (Lipinski definition) is 1. The Morgan fingerprint density at radius 1 is 1.20 bits per heavy atom. The molecule has 8 nitrogen and oxygen atoms in total. The first kappa shape index (κ1) is 22.5. The highest BCUT2D eigenvalue weighted by Gasteiger charge is 2.42. The summed E-state index contributed by atoms with van der Waals surface area (Å²) in [5.41, 5.74) is 0.642. The zero-order valence-electron chi connectivity index (χ0n) is 16.3. The minimum absolute atomic E-state index is 0.00667. The Kier molecular flexibility index (Phi) is 6.42. The molecule has 1 N–H and O–H groups in total. The Morgan fingerprint density at radius 3 is 2.43 bits per heavy atom. The molecule has 2 aromatic carbocycles. The first-order valence-electron chi connectivity index (χ1n) is 9.13. The third-order valence-corrected chi connectivity index (χ3v) is 8.03. The van der Waals surface area contributed by atoms with Crippen molar-refractivity contribution in [2.45, 2.75) is 25.3 Å². The zero-order chi connectivity index (χ0) is 22.1. The van der Waals surface area contributed by atoms with Crippen LogP contribution in [0.1, 0.15) is 19.4 Å². The molecule has 3 rings (SSSR count). The van der Waals surface area contributed by atoms with Gasteiger partial charge in [0.25, 0.3) is 0 Å². The van der Waals surface area contributed by atoms with Crippen molar-refractivity contribution < 1.29 is 26.4 Å². The van der Waals surface area contributed by atoms with E-state index in [1.54, 1.807) is 31.2 Å². The molecule has 30 heavy (non-hydrogen) atoms. The van der Waals surface area contributed by atoms with Crippen LogP contribution in [0, 0.1) is 5.92 Å². The monoisotopic (exact) mass is 472 g/mol. The molecule has 1 heterocycles. The Labute approximate surface area is 180 Å². The van der Waals surface area contributed by atoms with E-state index < -0.39 is 31.9 Å². The predicted molar refractivity (Wildman–Crippen MR) is 114 cm³/mol. The van der Waals surface area contributed by atoms with Gasteiger partial charge in [0.15, 0.2) is 0 Å². The average molecular weight is 473 g/mol. The summed E-state index contributed by atoms with van der Waals surface area (Å²) in [7, 11) is -7.95. The lowest BCUT2D eigenvalue weighted by atomic mass is 10.2. The van der Waals surface area contributed by atoms with E-state index >= 15 is 0 Å². The molecule has 1 atom stereocenters. The molecule has 11 heteroatoms. The molecule has 2 aromatic rings. The van der Waals surface area contributed by atoms with Crippen LogP contribution >= 0.6 is 11.6 Å². The molecule has 0 aliphatic carbocycles. The molecule has 0 bridgehead atoms. The number of nitrogens with zero attached hydrogens (tertiary/aromatic N) is 1. The fourth-order valence-corrected chi connectivity index (χ4v) is 6.17. The number of nitrogens with one attached hydrogen (secondary N) is 1. The van der Waals surface area contributed by atoms with Gasteiger partial charge in [-0.2, -0.15) is 0 Å². The van der Waals surface area contributed by atoms with Crippen molar-refractivity contribution in [3.63, 3.8) is 0 Å². The maximum absolute atomic E-state index is 13.0. The maximum atomic E-state index is 13.0. The zero-order valence-corrected chi connectivity index (χ0v) is 18.7. The Balaban J connectivity index is 1.98. The normalized spacial score (nSPS) is 18.6. The third kappa shape index (κ3) is 4.61. The van der Waals surface area contributed by atoms with Crippen molar-refractivity contribution in [1.82, 2.24) is 4.72 Å². The summed E-state index contributed by atoms with van der Waals surface area (Å²) in [6, 6.07) is 10.5. The quantitative estimate of drug-likeness (QED) is 0.663. The molecule has 1 aliphatic heterocycles. The van der Waals surface area contributed by atoms with Crippen molar-refractivity contribution in [3.05, 3.63) is 53.1 Å². The van der Waals surface area contributed by atoms with E-state index in [9.17, 15) is 21.6 Å². The minimum atomic E-state index is -4.08. The summed E-state index contributed by atoms with van der Waals surface area (Å²) < 4.78 is 59.3. The van der Waals surface area contributed by atoms with Gasteiger partial charge in [0.1, 0.15) is 10.6 Å². The van der Waals surface area contributed by atoms with Crippen LogP contribution in [0.5, 0.6) is 5.75 Å². The summed E-state index contributed by atoms with van der Waals surface area (Å²) in [5, 5.41) is 0.527. The number of benzene rings is 2. The van der Waals surface area contributed by atoms with Crippen LogP contribution in [0.3, 0.4) is 0 Å². The highest BCUT2D eigenvalue weighted by molar-refractivity contribution is 7.94. The van der Waals surface area contributed by atoms with Crippen molar-refractivity contribution in [3.8, 4) is 5.75 Å². The van der Waals surface area contributed by atoms with E-state index in [4.69, 9.17) is 16.3 Å². The van der Waals surface area contributed by atoms with E-state index in [2.05, 4.69) is 4.72 Å². The number of rotatable bonds is 7. The molecule has 1 aliphatic rings. The number of sulfonamides is 2. The second-order valence-electron chi connectivity index (χ2n) is 6.80. The van der Waals surface area contributed by atoms with E-state index in [0.717, 1.165) is 6.07 Å². The topological polar surface area (TPSA) is 110 Å². The second kappa shape index (κ2) is 8.54. The van der Waals surface area contributed by atoms with E-state index in [0.29, 0.717) is 14.9 Å². The van der Waals surface area contributed by atoms with Gasteiger partial charge in [-0.25, -0.2) is 25.9 Å². The number of amides is 1. The number of carbonyl (C=O) groups excluding carboxylic acids is 1. The summed E-state index contributed by atoms with van der Waals surface area (Å²) in [6.07, 6.45) is 0. The van der Waals surface area contributed by atoms with E-state index in [1.807, 2.05) is 0 Å². The lowest BCUT2D eigenvalue weighted by Gasteiger charge is -2.18. The third-order valence-electron chi connectivity index (χ3n) is 4.49. The lowest BCUT2D eigenvalue weighted by Crippen LogP contribution is -2.31. The molecule has 162 valence electrons. The van der Waals surface area contributed by atoms with Crippen LogP contribution in [-0.4, -0.2) is 35.1 Å². The van der Waals surface area contributed by atoms with Gasteiger partial charge < -0.3 is 4.74 Å². The minimum Gasteiger partial charge on any atom is -0.492 e. The summed E-state index contributed by atoms with van der Waals surface area (Å²) in [4.78, 5) is 12.1. The van der Waals surface area contributed by atoms with E-state index in [1.165, 1.54) is 19.1 Å². The summed E-state index contributed by atoms with van der Waals surface area (Å²) in [5.74, 6) is -1.57. The second-order valence-corrected chi connectivity index (χ2v) is 10.8. The summed E-state index contributed by atoms with van der Waals surface area (Å²) >= 11 is 5.84. The molecule has 1 unspecified atom stereocenters. The van der Waals surface area contributed by atoms with Gasteiger partial charge >= 0.3 is 0 Å². The largest absolute Gasteiger partial charge is 0.492 e. The average Bonchev–Trinajstić information content (AvgIpc) is 2.89. The molecular weight excluding hydrogens is 452 g/mol. The van der Waals surface area contributed by atoms with Gasteiger partial charge in [0.05, 0.1) is 24.0 Å². The van der Waals surface area contributed by atoms with Crippen LogP contribution < -0.4 is 13.8 Å². The van der Waals surface area contributed by atoms with Crippen molar-refractivity contribution in [2.75, 3.05) is 16.7 Å². The van der Waals surface area contributed by atoms with Gasteiger partial charge in [-0.3, -0.25) is 4.79 Å². The van der Waals surface area contributed by atoms with Crippen LogP contribution in [0.15, 0.2) is 47.4 Å². The Bertz CT molecular complexity index is 1160. The number of halogens is 1. The molecular formula is C19H21ClN2O6S2. The standard InChI is InChI=1S/C19H21ClN2O6S2/c1-3-28-17-9-8-16(22-19(23)13(2)12-29(22,24)25)10-18(17)30(26,27)21-11-14-4-6-15(20)7-5-14/h4-10,13,21H,3,11-12H2,1-2H3. The molecule has 0 radical (unpaired) electrons. The van der Waals surface area contributed by atoms with Gasteiger partial charge in [0.2, 0.25) is 26.0 Å². The van der Waals surface area contributed by atoms with Gasteiger partial charge in [-0.15, -0.1) is 0 Å². The maximum Gasteiger partial charge on any atom is 0.244 e.